The number of rotatable bonds is 5. The number of hydrogen-bond donors (Lipinski definition) is 1. The van der Waals surface area contributed by atoms with Crippen molar-refractivity contribution < 1.29 is 14.3 Å². The lowest BCUT2D eigenvalue weighted by Crippen LogP contribution is -2.28. The van der Waals surface area contributed by atoms with E-state index in [1.54, 1.807) is 36.5 Å². The highest BCUT2D eigenvalue weighted by molar-refractivity contribution is 6.36. The van der Waals surface area contributed by atoms with Gasteiger partial charge in [0.1, 0.15) is 5.75 Å². The molecular formula is C21H20Cl2N2O3. The molecule has 1 aliphatic carbocycles. The Balaban J connectivity index is 1.54. The first-order valence-corrected chi connectivity index (χ1v) is 9.89. The van der Waals surface area contributed by atoms with Crippen molar-refractivity contribution >= 4 is 41.3 Å². The number of ether oxygens (including phenoxy) is 1. The van der Waals surface area contributed by atoms with E-state index >= 15 is 0 Å². The van der Waals surface area contributed by atoms with Gasteiger partial charge in [-0.3, -0.25) is 4.79 Å². The Labute approximate surface area is 173 Å². The topological polar surface area (TPSA) is 67.8 Å². The average Bonchev–Trinajstić information content (AvgIpc) is 2.69. The molecule has 1 fully saturated rings. The molecule has 0 aromatic heterocycles. The van der Waals surface area contributed by atoms with Gasteiger partial charge < -0.3 is 4.74 Å². The summed E-state index contributed by atoms with van der Waals surface area (Å²) in [6.07, 6.45) is 6.82. The number of hydrogen-bond acceptors (Lipinski definition) is 4. The summed E-state index contributed by atoms with van der Waals surface area (Å²) in [5.74, 6) is -0.157. The fourth-order valence-corrected chi connectivity index (χ4v) is 3.55. The molecular weight excluding hydrogens is 399 g/mol. The molecule has 5 nitrogen and oxygen atoms in total. The molecule has 0 unspecified atom stereocenters. The van der Waals surface area contributed by atoms with Crippen LogP contribution in [0.5, 0.6) is 5.75 Å². The highest BCUT2D eigenvalue weighted by atomic mass is 35.5. The summed E-state index contributed by atoms with van der Waals surface area (Å²) in [5, 5.41) is 4.69. The van der Waals surface area contributed by atoms with E-state index in [2.05, 4.69) is 10.5 Å². The monoisotopic (exact) mass is 418 g/mol. The predicted octanol–water partition coefficient (Wildman–Crippen LogP) is 5.24. The van der Waals surface area contributed by atoms with E-state index in [1.807, 2.05) is 0 Å². The summed E-state index contributed by atoms with van der Waals surface area (Å²) in [4.78, 5) is 24.3. The maximum Gasteiger partial charge on any atom is 0.345 e. The van der Waals surface area contributed by atoms with Crippen LogP contribution >= 0.6 is 23.2 Å². The van der Waals surface area contributed by atoms with Crippen LogP contribution in [0.15, 0.2) is 47.6 Å². The summed E-state index contributed by atoms with van der Waals surface area (Å²) >= 11 is 11.8. The minimum absolute atomic E-state index is 0.0265. The van der Waals surface area contributed by atoms with Crippen molar-refractivity contribution in [1.82, 2.24) is 5.43 Å². The van der Waals surface area contributed by atoms with Crippen LogP contribution in [-0.2, 0) is 4.79 Å². The van der Waals surface area contributed by atoms with E-state index in [0.29, 0.717) is 10.8 Å². The number of amides is 1. The van der Waals surface area contributed by atoms with E-state index in [0.717, 1.165) is 31.2 Å². The molecule has 0 bridgehead atoms. The quantitative estimate of drug-likeness (QED) is 0.312. The standard InChI is InChI=1S/C21H20Cl2N2O3/c22-16-8-11-18(19(23)12-16)21(27)28-17-9-6-14(7-10-17)13-24-25-20(26)15-4-2-1-3-5-15/h6-13,15H,1-5H2,(H,25,26). The lowest BCUT2D eigenvalue weighted by molar-refractivity contribution is -0.125. The summed E-state index contributed by atoms with van der Waals surface area (Å²) in [7, 11) is 0. The zero-order valence-electron chi connectivity index (χ0n) is 15.2. The number of halogens is 2. The van der Waals surface area contributed by atoms with Gasteiger partial charge in [-0.1, -0.05) is 42.5 Å². The molecule has 146 valence electrons. The zero-order chi connectivity index (χ0) is 19.9. The number of hydrazone groups is 1. The average molecular weight is 419 g/mol. The van der Waals surface area contributed by atoms with E-state index in [1.165, 1.54) is 18.6 Å². The first-order valence-electron chi connectivity index (χ1n) is 9.13. The predicted molar refractivity (Wildman–Crippen MR) is 110 cm³/mol. The Bertz CT molecular complexity index is 876. The van der Waals surface area contributed by atoms with Gasteiger partial charge in [-0.2, -0.15) is 5.10 Å². The SMILES string of the molecule is O=C(Oc1ccc(C=NNC(=O)C2CCCCC2)cc1)c1ccc(Cl)cc1Cl. The van der Waals surface area contributed by atoms with Crippen molar-refractivity contribution in [2.45, 2.75) is 32.1 Å². The minimum atomic E-state index is -0.567. The third-order valence-corrected chi connectivity index (χ3v) is 5.15. The third-order valence-electron chi connectivity index (χ3n) is 4.61. The van der Waals surface area contributed by atoms with E-state index in [4.69, 9.17) is 27.9 Å². The van der Waals surface area contributed by atoms with Gasteiger partial charge in [0.2, 0.25) is 5.91 Å². The van der Waals surface area contributed by atoms with E-state index in [-0.39, 0.29) is 22.4 Å². The summed E-state index contributed by atoms with van der Waals surface area (Å²) < 4.78 is 5.32. The van der Waals surface area contributed by atoms with Crippen LogP contribution in [0.1, 0.15) is 48.0 Å². The summed E-state index contributed by atoms with van der Waals surface area (Å²) in [5.41, 5.74) is 3.61. The summed E-state index contributed by atoms with van der Waals surface area (Å²) in [6.45, 7) is 0. The third kappa shape index (κ3) is 5.57. The molecule has 7 heteroatoms. The minimum Gasteiger partial charge on any atom is -0.423 e. The van der Waals surface area contributed by atoms with Crippen LogP contribution in [0.2, 0.25) is 10.0 Å². The molecule has 2 aromatic rings. The highest BCUT2D eigenvalue weighted by Crippen LogP contribution is 2.24. The van der Waals surface area contributed by atoms with Gasteiger partial charge in [0.25, 0.3) is 0 Å². The second-order valence-corrected chi connectivity index (χ2v) is 7.50. The molecule has 2 aromatic carbocycles. The zero-order valence-corrected chi connectivity index (χ0v) is 16.7. The van der Waals surface area contributed by atoms with Crippen molar-refractivity contribution in [1.29, 1.82) is 0 Å². The van der Waals surface area contributed by atoms with Crippen LogP contribution < -0.4 is 10.2 Å². The van der Waals surface area contributed by atoms with Crippen LogP contribution in [0, 0.1) is 5.92 Å². The molecule has 0 radical (unpaired) electrons. The van der Waals surface area contributed by atoms with Gasteiger partial charge in [0.05, 0.1) is 16.8 Å². The molecule has 1 aliphatic rings. The van der Waals surface area contributed by atoms with Crippen molar-refractivity contribution in [3.05, 3.63) is 63.6 Å². The van der Waals surface area contributed by atoms with Gasteiger partial charge in [-0.25, -0.2) is 10.2 Å². The molecule has 1 N–H and O–H groups in total. The second-order valence-electron chi connectivity index (χ2n) is 6.65. The van der Waals surface area contributed by atoms with Crippen LogP contribution in [0.3, 0.4) is 0 Å². The van der Waals surface area contributed by atoms with Gasteiger partial charge in [-0.15, -0.1) is 0 Å². The molecule has 0 saturated heterocycles. The maximum atomic E-state index is 12.2. The fourth-order valence-electron chi connectivity index (χ4n) is 3.07. The highest BCUT2D eigenvalue weighted by Gasteiger charge is 2.20. The second kappa shape index (κ2) is 9.71. The molecule has 28 heavy (non-hydrogen) atoms. The number of benzene rings is 2. The molecule has 0 aliphatic heterocycles. The number of nitrogens with one attached hydrogen (secondary N) is 1. The Kier molecular flexibility index (Phi) is 7.06. The molecule has 3 rings (SSSR count). The molecule has 1 saturated carbocycles. The van der Waals surface area contributed by atoms with Crippen molar-refractivity contribution in [3.63, 3.8) is 0 Å². The maximum absolute atomic E-state index is 12.2. The van der Waals surface area contributed by atoms with Crippen molar-refractivity contribution in [3.8, 4) is 5.75 Å². The van der Waals surface area contributed by atoms with Crippen molar-refractivity contribution in [2.75, 3.05) is 0 Å². The van der Waals surface area contributed by atoms with Gasteiger partial charge in [0, 0.05) is 10.9 Å². The van der Waals surface area contributed by atoms with E-state index < -0.39 is 5.97 Å². The first kappa shape index (κ1) is 20.4. The number of carbonyl (C=O) groups is 2. The smallest absolute Gasteiger partial charge is 0.345 e. The summed E-state index contributed by atoms with van der Waals surface area (Å²) in [6, 6.07) is 11.3. The number of carbonyl (C=O) groups excluding carboxylic acids is 2. The number of nitrogens with zero attached hydrogens (tertiary/aromatic N) is 1. The van der Waals surface area contributed by atoms with Gasteiger partial charge in [-0.05, 0) is 60.9 Å². The molecule has 0 spiro atoms. The lowest BCUT2D eigenvalue weighted by Gasteiger charge is -2.19. The fraction of sp³-hybridized carbons (Fsp3) is 0.286. The Hall–Kier alpha value is -2.37. The Morgan fingerprint density at radius 2 is 1.75 bits per heavy atom. The first-order chi connectivity index (χ1) is 13.5. The van der Waals surface area contributed by atoms with E-state index in [9.17, 15) is 9.59 Å². The Morgan fingerprint density at radius 3 is 2.43 bits per heavy atom. The van der Waals surface area contributed by atoms with Crippen LogP contribution in [-0.4, -0.2) is 18.1 Å². The van der Waals surface area contributed by atoms with Crippen molar-refractivity contribution in [2.24, 2.45) is 11.0 Å². The lowest BCUT2D eigenvalue weighted by atomic mass is 9.89. The molecule has 0 atom stereocenters. The van der Waals surface area contributed by atoms with Crippen LogP contribution in [0.4, 0.5) is 0 Å². The number of esters is 1. The van der Waals surface area contributed by atoms with Crippen LogP contribution in [0.25, 0.3) is 0 Å². The normalized spacial score (nSPS) is 14.8. The Morgan fingerprint density at radius 1 is 1.04 bits per heavy atom. The van der Waals surface area contributed by atoms with Gasteiger partial charge >= 0.3 is 5.97 Å². The molecule has 1 amide bonds. The molecule has 0 heterocycles. The van der Waals surface area contributed by atoms with Gasteiger partial charge in [0.15, 0.2) is 0 Å². The largest absolute Gasteiger partial charge is 0.423 e.